The van der Waals surface area contributed by atoms with Gasteiger partial charge >= 0.3 is 0 Å². The molecule has 0 saturated heterocycles. The standard InChI is InChI=1S/C4HCl3O2S2.ClH/c5-2-1-3(10-4(2)6)11(7,8)9;/h1H;1H. The number of thiophene rings is 1. The molecule has 0 bridgehead atoms. The van der Waals surface area contributed by atoms with Crippen LogP contribution in [0.1, 0.15) is 0 Å². The van der Waals surface area contributed by atoms with Crippen molar-refractivity contribution in [1.82, 2.24) is 0 Å². The monoisotopic (exact) mass is 286 g/mol. The summed E-state index contributed by atoms with van der Waals surface area (Å²) >= 11 is 11.8. The molecule has 0 fully saturated rings. The zero-order chi connectivity index (χ0) is 8.65. The summed E-state index contributed by atoms with van der Waals surface area (Å²) in [7, 11) is 1.33. The number of hydrogen-bond acceptors (Lipinski definition) is 3. The molecule has 70 valence electrons. The van der Waals surface area contributed by atoms with E-state index in [4.69, 9.17) is 33.9 Å². The van der Waals surface area contributed by atoms with Gasteiger partial charge in [0.05, 0.1) is 5.02 Å². The van der Waals surface area contributed by atoms with Crippen LogP contribution >= 0.6 is 57.6 Å². The molecule has 0 aliphatic heterocycles. The maximum Gasteiger partial charge on any atom is 0.270 e. The fourth-order valence-corrected chi connectivity index (χ4v) is 3.08. The molecule has 12 heavy (non-hydrogen) atoms. The molecule has 0 unspecified atom stereocenters. The van der Waals surface area contributed by atoms with Crippen LogP contribution in [0, 0.1) is 0 Å². The van der Waals surface area contributed by atoms with Gasteiger partial charge in [0.1, 0.15) is 8.55 Å². The fraction of sp³-hybridized carbons (Fsp3) is 0. The highest BCUT2D eigenvalue weighted by Gasteiger charge is 2.15. The Morgan fingerprint density at radius 3 is 2.00 bits per heavy atom. The molecule has 0 aromatic carbocycles. The highest BCUT2D eigenvalue weighted by molar-refractivity contribution is 8.15. The minimum Gasteiger partial charge on any atom is -0.206 e. The van der Waals surface area contributed by atoms with Crippen LogP contribution in [-0.4, -0.2) is 8.42 Å². The molecule has 0 amide bonds. The van der Waals surface area contributed by atoms with Crippen LogP contribution in [0.3, 0.4) is 0 Å². The minimum atomic E-state index is -3.68. The summed E-state index contributed by atoms with van der Waals surface area (Å²) in [5.41, 5.74) is 0. The predicted octanol–water partition coefficient (Wildman–Crippen LogP) is 3.40. The van der Waals surface area contributed by atoms with Crippen LogP contribution < -0.4 is 0 Å². The lowest BCUT2D eigenvalue weighted by Crippen LogP contribution is -1.83. The van der Waals surface area contributed by atoms with Crippen molar-refractivity contribution >= 4 is 66.7 Å². The van der Waals surface area contributed by atoms with Crippen LogP contribution in [0.15, 0.2) is 10.3 Å². The minimum absolute atomic E-state index is 0. The highest BCUT2D eigenvalue weighted by atomic mass is 35.7. The van der Waals surface area contributed by atoms with Gasteiger partial charge in [0, 0.05) is 10.7 Å². The molecule has 8 heteroatoms. The van der Waals surface area contributed by atoms with Crippen molar-refractivity contribution < 1.29 is 8.42 Å². The van der Waals surface area contributed by atoms with Crippen LogP contribution in [0.4, 0.5) is 0 Å². The normalized spacial score (nSPS) is 10.9. The van der Waals surface area contributed by atoms with Crippen molar-refractivity contribution in [3.63, 3.8) is 0 Å². The predicted molar refractivity (Wildman–Crippen MR) is 54.6 cm³/mol. The van der Waals surface area contributed by atoms with Crippen molar-refractivity contribution in [2.24, 2.45) is 0 Å². The smallest absolute Gasteiger partial charge is 0.206 e. The largest absolute Gasteiger partial charge is 0.270 e. The first-order valence-corrected chi connectivity index (χ1v) is 6.19. The molecule has 1 aromatic rings. The lowest BCUT2D eigenvalue weighted by Gasteiger charge is -1.83. The van der Waals surface area contributed by atoms with Gasteiger partial charge in [-0.1, -0.05) is 23.2 Å². The van der Waals surface area contributed by atoms with E-state index in [0.717, 1.165) is 11.3 Å². The van der Waals surface area contributed by atoms with Gasteiger partial charge in [-0.25, -0.2) is 8.42 Å². The fourth-order valence-electron chi connectivity index (χ4n) is 0.447. The molecule has 0 aliphatic carbocycles. The molecule has 0 saturated carbocycles. The van der Waals surface area contributed by atoms with Gasteiger partial charge in [0.15, 0.2) is 0 Å². The average molecular weight is 288 g/mol. The molecular formula is C4H2Cl4O2S2. The van der Waals surface area contributed by atoms with E-state index in [0.29, 0.717) is 0 Å². The summed E-state index contributed by atoms with van der Waals surface area (Å²) in [5.74, 6) is 0. The van der Waals surface area contributed by atoms with Gasteiger partial charge in [-0.15, -0.1) is 23.7 Å². The molecule has 1 heterocycles. The SMILES string of the molecule is Cl.O=S(=O)(Cl)c1cc(Cl)c(Cl)s1. The molecule has 0 spiro atoms. The molecular weight excluding hydrogens is 286 g/mol. The van der Waals surface area contributed by atoms with Gasteiger partial charge in [-0.2, -0.15) is 0 Å². The maximum absolute atomic E-state index is 10.7. The molecule has 1 rings (SSSR count). The molecule has 0 aliphatic rings. The summed E-state index contributed by atoms with van der Waals surface area (Å²) in [4.78, 5) is 0. The Bertz CT molecular complexity index is 349. The van der Waals surface area contributed by atoms with Crippen molar-refractivity contribution in [1.29, 1.82) is 0 Å². The van der Waals surface area contributed by atoms with E-state index >= 15 is 0 Å². The van der Waals surface area contributed by atoms with Crippen LogP contribution in [0.5, 0.6) is 0 Å². The number of hydrogen-bond donors (Lipinski definition) is 0. The summed E-state index contributed by atoms with van der Waals surface area (Å²) < 4.78 is 21.5. The van der Waals surface area contributed by atoms with E-state index in [9.17, 15) is 8.42 Å². The third-order valence-electron chi connectivity index (χ3n) is 0.863. The van der Waals surface area contributed by atoms with Crippen molar-refractivity contribution in [3.8, 4) is 0 Å². The lowest BCUT2D eigenvalue weighted by atomic mass is 10.7. The first-order valence-electron chi connectivity index (χ1n) is 2.31. The van der Waals surface area contributed by atoms with Gasteiger partial charge in [0.2, 0.25) is 0 Å². The third-order valence-corrected chi connectivity index (χ3v) is 4.80. The summed E-state index contributed by atoms with van der Waals surface area (Å²) in [6, 6.07) is 1.22. The third kappa shape index (κ3) is 2.94. The average Bonchev–Trinajstić information content (AvgIpc) is 2.11. The molecule has 2 nitrogen and oxygen atoms in total. The van der Waals surface area contributed by atoms with Gasteiger partial charge in [-0.05, 0) is 6.07 Å². The molecule has 0 radical (unpaired) electrons. The Balaban J connectivity index is 0.00000121. The Morgan fingerprint density at radius 1 is 1.33 bits per heavy atom. The number of rotatable bonds is 1. The second kappa shape index (κ2) is 4.35. The van der Waals surface area contributed by atoms with Gasteiger partial charge in [0.25, 0.3) is 9.05 Å². The maximum atomic E-state index is 10.7. The highest BCUT2D eigenvalue weighted by Crippen LogP contribution is 2.35. The first kappa shape index (κ1) is 12.8. The molecule has 0 atom stereocenters. The van der Waals surface area contributed by atoms with Crippen LogP contribution in [0.25, 0.3) is 0 Å². The van der Waals surface area contributed by atoms with E-state index in [1.165, 1.54) is 6.07 Å². The van der Waals surface area contributed by atoms with E-state index < -0.39 is 9.05 Å². The van der Waals surface area contributed by atoms with Crippen molar-refractivity contribution in [2.75, 3.05) is 0 Å². The summed E-state index contributed by atoms with van der Waals surface area (Å²) in [6.07, 6.45) is 0. The first-order chi connectivity index (χ1) is 4.91. The van der Waals surface area contributed by atoms with Gasteiger partial charge < -0.3 is 0 Å². The quantitative estimate of drug-likeness (QED) is 0.742. The van der Waals surface area contributed by atoms with Gasteiger partial charge in [-0.3, -0.25) is 0 Å². The van der Waals surface area contributed by atoms with Crippen molar-refractivity contribution in [3.05, 3.63) is 15.4 Å². The van der Waals surface area contributed by atoms with E-state index in [-0.39, 0.29) is 26.0 Å². The van der Waals surface area contributed by atoms with Crippen LogP contribution in [-0.2, 0) is 9.05 Å². The molecule has 1 aromatic heterocycles. The number of halogens is 4. The topological polar surface area (TPSA) is 34.1 Å². The second-order valence-corrected chi connectivity index (χ2v) is 6.48. The summed E-state index contributed by atoms with van der Waals surface area (Å²) in [6.45, 7) is 0. The van der Waals surface area contributed by atoms with E-state index in [2.05, 4.69) is 0 Å². The van der Waals surface area contributed by atoms with Crippen LogP contribution in [0.2, 0.25) is 9.36 Å². The summed E-state index contributed by atoms with van der Waals surface area (Å²) in [5, 5.41) is 0.205. The lowest BCUT2D eigenvalue weighted by molar-refractivity contribution is 0.611. The molecule has 0 N–H and O–H groups in total. The van der Waals surface area contributed by atoms with E-state index in [1.54, 1.807) is 0 Å². The Morgan fingerprint density at radius 2 is 1.83 bits per heavy atom. The van der Waals surface area contributed by atoms with E-state index in [1.807, 2.05) is 0 Å². The Kier molecular flexibility index (Phi) is 4.64. The zero-order valence-corrected chi connectivity index (χ0v) is 9.97. The Hall–Kier alpha value is 0.810. The zero-order valence-electron chi connectivity index (χ0n) is 5.25. The second-order valence-electron chi connectivity index (χ2n) is 1.62. The van der Waals surface area contributed by atoms with Crippen molar-refractivity contribution in [2.45, 2.75) is 4.21 Å². The Labute approximate surface area is 94.3 Å².